The van der Waals surface area contributed by atoms with Gasteiger partial charge in [0, 0.05) is 12.1 Å². The van der Waals surface area contributed by atoms with Gasteiger partial charge in [-0.1, -0.05) is 0 Å². The van der Waals surface area contributed by atoms with Gasteiger partial charge in [0.25, 0.3) is 5.91 Å². The number of rotatable bonds is 4. The molecule has 4 heteroatoms. The van der Waals surface area contributed by atoms with E-state index >= 15 is 0 Å². The SMILES string of the molecule is CC(C)(C)NC(=O)C[N+](C)(C)CCN. The molecule has 0 aromatic heterocycles. The summed E-state index contributed by atoms with van der Waals surface area (Å²) in [4.78, 5) is 11.6. The number of likely N-dealkylation sites (N-methyl/N-ethyl adjacent to an activating group) is 1. The average Bonchev–Trinajstić information content (AvgIpc) is 1.78. The van der Waals surface area contributed by atoms with E-state index in [0.717, 1.165) is 6.54 Å². The van der Waals surface area contributed by atoms with Crippen LogP contribution in [0.1, 0.15) is 20.8 Å². The molecule has 84 valence electrons. The van der Waals surface area contributed by atoms with E-state index in [1.165, 1.54) is 0 Å². The Hall–Kier alpha value is -0.610. The van der Waals surface area contributed by atoms with Crippen molar-refractivity contribution in [2.75, 3.05) is 33.7 Å². The molecule has 0 aromatic rings. The van der Waals surface area contributed by atoms with Gasteiger partial charge in [-0.15, -0.1) is 0 Å². The van der Waals surface area contributed by atoms with Gasteiger partial charge in [0.2, 0.25) is 0 Å². The fourth-order valence-electron chi connectivity index (χ4n) is 1.28. The van der Waals surface area contributed by atoms with Crippen molar-refractivity contribution in [2.24, 2.45) is 5.73 Å². The van der Waals surface area contributed by atoms with E-state index in [2.05, 4.69) is 5.32 Å². The first kappa shape index (κ1) is 13.4. The zero-order valence-corrected chi connectivity index (χ0v) is 10.1. The van der Waals surface area contributed by atoms with E-state index in [-0.39, 0.29) is 11.4 Å². The minimum Gasteiger partial charge on any atom is -0.347 e. The van der Waals surface area contributed by atoms with Crippen LogP contribution in [0.5, 0.6) is 0 Å². The summed E-state index contributed by atoms with van der Waals surface area (Å²) in [5.41, 5.74) is 5.32. The van der Waals surface area contributed by atoms with E-state index in [4.69, 9.17) is 5.73 Å². The normalized spacial score (nSPS) is 12.7. The van der Waals surface area contributed by atoms with Gasteiger partial charge < -0.3 is 15.5 Å². The van der Waals surface area contributed by atoms with Gasteiger partial charge >= 0.3 is 0 Å². The highest BCUT2D eigenvalue weighted by Crippen LogP contribution is 2.00. The molecule has 0 radical (unpaired) electrons. The summed E-state index contributed by atoms with van der Waals surface area (Å²) in [5.74, 6) is 0.0796. The Morgan fingerprint density at radius 1 is 1.36 bits per heavy atom. The Morgan fingerprint density at radius 2 is 1.86 bits per heavy atom. The molecule has 0 spiro atoms. The molecule has 0 aliphatic rings. The van der Waals surface area contributed by atoms with E-state index in [1.807, 2.05) is 34.9 Å². The van der Waals surface area contributed by atoms with Crippen molar-refractivity contribution in [3.63, 3.8) is 0 Å². The molecule has 0 saturated heterocycles. The molecule has 0 unspecified atom stereocenters. The summed E-state index contributed by atoms with van der Waals surface area (Å²) >= 11 is 0. The number of quaternary nitrogens is 1. The lowest BCUT2D eigenvalue weighted by atomic mass is 10.1. The van der Waals surface area contributed by atoms with Crippen LogP contribution in [-0.2, 0) is 4.79 Å². The molecule has 0 aliphatic carbocycles. The zero-order valence-electron chi connectivity index (χ0n) is 10.1. The lowest BCUT2D eigenvalue weighted by Gasteiger charge is -2.30. The Morgan fingerprint density at radius 3 is 2.21 bits per heavy atom. The molecule has 0 aliphatic heterocycles. The Bertz CT molecular complexity index is 194. The molecule has 0 heterocycles. The van der Waals surface area contributed by atoms with Crippen molar-refractivity contribution in [2.45, 2.75) is 26.3 Å². The van der Waals surface area contributed by atoms with Crippen LogP contribution >= 0.6 is 0 Å². The monoisotopic (exact) mass is 202 g/mol. The minimum atomic E-state index is -0.153. The first-order valence-electron chi connectivity index (χ1n) is 4.99. The Balaban J connectivity index is 4.06. The molecule has 0 aromatic carbocycles. The first-order valence-corrected chi connectivity index (χ1v) is 4.99. The quantitative estimate of drug-likeness (QED) is 0.627. The number of amides is 1. The number of nitrogens with two attached hydrogens (primary N) is 1. The second-order valence-corrected chi connectivity index (χ2v) is 5.40. The molecule has 0 rings (SSSR count). The third kappa shape index (κ3) is 6.86. The topological polar surface area (TPSA) is 55.1 Å². The molecule has 0 bridgehead atoms. The van der Waals surface area contributed by atoms with Crippen LogP contribution in [0.2, 0.25) is 0 Å². The summed E-state index contributed by atoms with van der Waals surface area (Å²) in [5, 5.41) is 2.94. The smallest absolute Gasteiger partial charge is 0.275 e. The van der Waals surface area contributed by atoms with E-state index in [1.54, 1.807) is 0 Å². The lowest BCUT2D eigenvalue weighted by Crippen LogP contribution is -2.52. The van der Waals surface area contributed by atoms with Crippen LogP contribution in [-0.4, -0.2) is 49.7 Å². The maximum atomic E-state index is 11.6. The Kier molecular flexibility index (Phi) is 4.55. The summed E-state index contributed by atoms with van der Waals surface area (Å²) in [6.07, 6.45) is 0. The highest BCUT2D eigenvalue weighted by atomic mass is 16.2. The van der Waals surface area contributed by atoms with Gasteiger partial charge in [-0.2, -0.15) is 0 Å². The van der Waals surface area contributed by atoms with Gasteiger partial charge in [-0.25, -0.2) is 0 Å². The average molecular weight is 202 g/mol. The van der Waals surface area contributed by atoms with E-state index in [0.29, 0.717) is 17.6 Å². The number of hydrogen-bond acceptors (Lipinski definition) is 2. The second-order valence-electron chi connectivity index (χ2n) is 5.40. The molecule has 0 atom stereocenters. The molecule has 4 nitrogen and oxygen atoms in total. The van der Waals surface area contributed by atoms with E-state index < -0.39 is 0 Å². The van der Waals surface area contributed by atoms with Gasteiger partial charge in [-0.3, -0.25) is 4.79 Å². The standard InChI is InChI=1S/C10H23N3O/c1-10(2,3)12-9(14)8-13(4,5)7-6-11/h6-8,11H2,1-5H3/p+1. The lowest BCUT2D eigenvalue weighted by molar-refractivity contribution is -0.881. The molecular formula is C10H24N3O+. The predicted octanol–water partition coefficient (Wildman–Crippen LogP) is -0.0638. The minimum absolute atomic E-state index is 0.0796. The maximum Gasteiger partial charge on any atom is 0.275 e. The summed E-state index contributed by atoms with van der Waals surface area (Å²) < 4.78 is 0.637. The highest BCUT2D eigenvalue weighted by molar-refractivity contribution is 5.77. The Labute approximate surface area is 87.0 Å². The van der Waals surface area contributed by atoms with Crippen LogP contribution in [0.25, 0.3) is 0 Å². The third-order valence-electron chi connectivity index (χ3n) is 1.82. The predicted molar refractivity (Wildman–Crippen MR) is 58.8 cm³/mol. The molecule has 3 N–H and O–H groups in total. The summed E-state index contributed by atoms with van der Waals surface area (Å²) in [6.45, 7) is 7.84. The van der Waals surface area contributed by atoms with Crippen LogP contribution in [0.4, 0.5) is 0 Å². The van der Waals surface area contributed by atoms with Crippen molar-refractivity contribution < 1.29 is 9.28 Å². The third-order valence-corrected chi connectivity index (χ3v) is 1.82. The van der Waals surface area contributed by atoms with E-state index in [9.17, 15) is 4.79 Å². The van der Waals surface area contributed by atoms with Crippen LogP contribution in [0.15, 0.2) is 0 Å². The van der Waals surface area contributed by atoms with Gasteiger partial charge in [-0.05, 0) is 20.8 Å². The molecule has 1 amide bonds. The highest BCUT2D eigenvalue weighted by Gasteiger charge is 2.22. The number of carbonyl (C=O) groups excluding carboxylic acids is 1. The summed E-state index contributed by atoms with van der Waals surface area (Å²) in [6, 6.07) is 0. The number of nitrogens with zero attached hydrogens (tertiary/aromatic N) is 1. The molecule has 0 saturated carbocycles. The molecule has 14 heavy (non-hydrogen) atoms. The van der Waals surface area contributed by atoms with Crippen LogP contribution in [0, 0.1) is 0 Å². The fourth-order valence-corrected chi connectivity index (χ4v) is 1.28. The molecule has 0 fully saturated rings. The van der Waals surface area contributed by atoms with Crippen molar-refractivity contribution >= 4 is 5.91 Å². The van der Waals surface area contributed by atoms with Gasteiger partial charge in [0.1, 0.15) is 0 Å². The summed E-state index contributed by atoms with van der Waals surface area (Å²) in [7, 11) is 4.02. The first-order chi connectivity index (χ1) is 6.16. The number of carbonyl (C=O) groups is 1. The van der Waals surface area contributed by atoms with Crippen LogP contribution in [0.3, 0.4) is 0 Å². The number of hydrogen-bond donors (Lipinski definition) is 2. The number of nitrogens with one attached hydrogen (secondary N) is 1. The fraction of sp³-hybridized carbons (Fsp3) is 0.900. The largest absolute Gasteiger partial charge is 0.347 e. The van der Waals surface area contributed by atoms with Gasteiger partial charge in [0.15, 0.2) is 6.54 Å². The van der Waals surface area contributed by atoms with Crippen LogP contribution < -0.4 is 11.1 Å². The maximum absolute atomic E-state index is 11.6. The zero-order chi connectivity index (χ0) is 11.4. The van der Waals surface area contributed by atoms with Crippen molar-refractivity contribution in [3.05, 3.63) is 0 Å². The molecular weight excluding hydrogens is 178 g/mol. The van der Waals surface area contributed by atoms with Crippen molar-refractivity contribution in [1.82, 2.24) is 5.32 Å². The van der Waals surface area contributed by atoms with Crippen molar-refractivity contribution in [1.29, 1.82) is 0 Å². The van der Waals surface area contributed by atoms with Gasteiger partial charge in [0.05, 0.1) is 20.6 Å². The van der Waals surface area contributed by atoms with Crippen molar-refractivity contribution in [3.8, 4) is 0 Å². The second kappa shape index (κ2) is 4.75.